The fraction of sp³-hybridized carbons (Fsp3) is 0.500. The number of Topliss-reactive ketones (excluding diaryl/α,β-unsaturated/α-hetero) is 1. The number of nitrogens with zero attached hydrogens (tertiary/aromatic N) is 1. The molecule has 0 aliphatic rings. The van der Waals surface area contributed by atoms with E-state index in [1.807, 2.05) is 6.26 Å². The van der Waals surface area contributed by atoms with Crippen molar-refractivity contribution >= 4 is 28.9 Å². The number of hydrogen-bond donors (Lipinski definition) is 1. The van der Waals surface area contributed by atoms with Crippen LogP contribution in [0.2, 0.25) is 0 Å². The van der Waals surface area contributed by atoms with Crippen LogP contribution in [0, 0.1) is 0 Å². The van der Waals surface area contributed by atoms with Crippen LogP contribution in [-0.2, 0) is 0 Å². The molecule has 0 bridgehead atoms. The molecule has 0 amide bonds. The van der Waals surface area contributed by atoms with E-state index >= 15 is 0 Å². The maximum atomic E-state index is 11.5. The Kier molecular flexibility index (Phi) is 4.41. The monoisotopic (exact) mass is 216 g/mol. The molecular formula is C8H12N2OS2. The zero-order valence-corrected chi connectivity index (χ0v) is 9.03. The van der Waals surface area contributed by atoms with Crippen molar-refractivity contribution < 1.29 is 4.79 Å². The van der Waals surface area contributed by atoms with E-state index in [9.17, 15) is 4.79 Å². The van der Waals surface area contributed by atoms with E-state index in [0.717, 1.165) is 12.2 Å². The van der Waals surface area contributed by atoms with Crippen LogP contribution in [0.25, 0.3) is 0 Å². The van der Waals surface area contributed by atoms with E-state index in [2.05, 4.69) is 4.98 Å². The Bertz CT molecular complexity index is 261. The molecule has 0 saturated heterocycles. The van der Waals surface area contributed by atoms with E-state index < -0.39 is 6.04 Å². The number of aromatic nitrogens is 1. The highest BCUT2D eigenvalue weighted by atomic mass is 32.2. The van der Waals surface area contributed by atoms with Gasteiger partial charge in [0.25, 0.3) is 0 Å². The normalized spacial score (nSPS) is 12.8. The summed E-state index contributed by atoms with van der Waals surface area (Å²) < 4.78 is 0. The van der Waals surface area contributed by atoms with Crippen LogP contribution in [0.1, 0.15) is 16.2 Å². The van der Waals surface area contributed by atoms with Gasteiger partial charge in [-0.2, -0.15) is 11.8 Å². The number of hydrogen-bond acceptors (Lipinski definition) is 5. The highest BCUT2D eigenvalue weighted by Gasteiger charge is 2.16. The lowest BCUT2D eigenvalue weighted by Gasteiger charge is -2.06. The molecule has 0 spiro atoms. The first-order valence-corrected chi connectivity index (χ1v) is 6.21. The Hall–Kier alpha value is -0.390. The minimum absolute atomic E-state index is 0.0379. The van der Waals surface area contributed by atoms with Crippen molar-refractivity contribution in [2.24, 2.45) is 5.73 Å². The van der Waals surface area contributed by atoms with Gasteiger partial charge in [-0.15, -0.1) is 11.3 Å². The second-order valence-electron chi connectivity index (χ2n) is 2.59. The van der Waals surface area contributed by atoms with Crippen molar-refractivity contribution in [3.63, 3.8) is 0 Å². The number of carbonyl (C=O) groups excluding carboxylic acids is 1. The largest absolute Gasteiger partial charge is 0.321 e. The van der Waals surface area contributed by atoms with E-state index in [1.54, 1.807) is 23.3 Å². The summed E-state index contributed by atoms with van der Waals surface area (Å²) in [7, 11) is 0. The third-order valence-corrected chi connectivity index (χ3v) is 3.04. The number of rotatable bonds is 5. The van der Waals surface area contributed by atoms with Gasteiger partial charge < -0.3 is 5.73 Å². The molecule has 5 heteroatoms. The molecule has 0 aliphatic carbocycles. The summed E-state index contributed by atoms with van der Waals surface area (Å²) in [4.78, 5) is 15.5. The highest BCUT2D eigenvalue weighted by molar-refractivity contribution is 7.98. The molecule has 1 aromatic rings. The molecule has 2 N–H and O–H groups in total. The molecule has 0 fully saturated rings. The minimum atomic E-state index is -0.390. The van der Waals surface area contributed by atoms with Gasteiger partial charge in [0.15, 0.2) is 5.01 Å². The van der Waals surface area contributed by atoms with E-state index in [0.29, 0.717) is 5.01 Å². The maximum absolute atomic E-state index is 11.5. The van der Waals surface area contributed by atoms with Crippen LogP contribution >= 0.6 is 23.1 Å². The lowest BCUT2D eigenvalue weighted by Crippen LogP contribution is -2.30. The molecule has 3 nitrogen and oxygen atoms in total. The summed E-state index contributed by atoms with van der Waals surface area (Å²) in [5.41, 5.74) is 5.70. The predicted molar refractivity (Wildman–Crippen MR) is 57.4 cm³/mol. The molecule has 0 saturated carbocycles. The van der Waals surface area contributed by atoms with Crippen LogP contribution in [0.4, 0.5) is 0 Å². The van der Waals surface area contributed by atoms with Gasteiger partial charge in [0.2, 0.25) is 5.78 Å². The molecule has 1 aromatic heterocycles. The summed E-state index contributed by atoms with van der Waals surface area (Å²) in [5.74, 6) is 0.877. The number of thiazole rings is 1. The first kappa shape index (κ1) is 10.7. The van der Waals surface area contributed by atoms with Crippen molar-refractivity contribution in [3.05, 3.63) is 16.6 Å². The first-order valence-electron chi connectivity index (χ1n) is 3.94. The quantitative estimate of drug-likeness (QED) is 0.756. The fourth-order valence-corrected chi connectivity index (χ4v) is 2.01. The average Bonchev–Trinajstić information content (AvgIpc) is 2.65. The lowest BCUT2D eigenvalue weighted by atomic mass is 10.1. The maximum Gasteiger partial charge on any atom is 0.208 e. The first-order chi connectivity index (χ1) is 6.25. The Balaban J connectivity index is 2.48. The second-order valence-corrected chi connectivity index (χ2v) is 4.47. The Morgan fingerprint density at radius 1 is 1.85 bits per heavy atom. The topological polar surface area (TPSA) is 56.0 Å². The van der Waals surface area contributed by atoms with Gasteiger partial charge >= 0.3 is 0 Å². The van der Waals surface area contributed by atoms with Gasteiger partial charge in [-0.3, -0.25) is 4.79 Å². The van der Waals surface area contributed by atoms with Crippen molar-refractivity contribution in [2.45, 2.75) is 12.5 Å². The highest BCUT2D eigenvalue weighted by Crippen LogP contribution is 2.09. The fourth-order valence-electron chi connectivity index (χ4n) is 0.880. The van der Waals surface area contributed by atoms with Crippen LogP contribution in [0.5, 0.6) is 0 Å². The summed E-state index contributed by atoms with van der Waals surface area (Å²) >= 11 is 3.04. The van der Waals surface area contributed by atoms with E-state index in [1.165, 1.54) is 11.3 Å². The molecule has 72 valence electrons. The van der Waals surface area contributed by atoms with Crippen LogP contribution < -0.4 is 5.73 Å². The molecule has 13 heavy (non-hydrogen) atoms. The van der Waals surface area contributed by atoms with Crippen LogP contribution in [0.15, 0.2) is 11.6 Å². The zero-order valence-electron chi connectivity index (χ0n) is 7.40. The van der Waals surface area contributed by atoms with Gasteiger partial charge in [0.05, 0.1) is 6.04 Å². The molecule has 1 atom stereocenters. The lowest BCUT2D eigenvalue weighted by molar-refractivity contribution is 0.0959. The number of ketones is 1. The third-order valence-electron chi connectivity index (χ3n) is 1.61. The minimum Gasteiger partial charge on any atom is -0.321 e. The van der Waals surface area contributed by atoms with Crippen molar-refractivity contribution in [1.82, 2.24) is 4.98 Å². The Morgan fingerprint density at radius 2 is 2.62 bits per heavy atom. The van der Waals surface area contributed by atoms with Gasteiger partial charge in [-0.25, -0.2) is 4.98 Å². The van der Waals surface area contributed by atoms with Gasteiger partial charge in [-0.05, 0) is 18.4 Å². The number of thioether (sulfide) groups is 1. The summed E-state index contributed by atoms with van der Waals surface area (Å²) in [5, 5.41) is 2.31. The molecular weight excluding hydrogens is 204 g/mol. The van der Waals surface area contributed by atoms with Crippen molar-refractivity contribution in [1.29, 1.82) is 0 Å². The second kappa shape index (κ2) is 5.36. The van der Waals surface area contributed by atoms with Gasteiger partial charge in [0.1, 0.15) is 0 Å². The SMILES string of the molecule is CSCCC(N)C(=O)c1nccs1. The van der Waals surface area contributed by atoms with E-state index in [-0.39, 0.29) is 5.78 Å². The molecule has 1 heterocycles. The molecule has 0 aliphatic heterocycles. The smallest absolute Gasteiger partial charge is 0.208 e. The molecule has 1 rings (SSSR count). The Labute approximate surface area is 85.7 Å². The molecule has 1 unspecified atom stereocenters. The zero-order chi connectivity index (χ0) is 9.68. The molecule has 0 radical (unpaired) electrons. The standard InChI is InChI=1S/C8H12N2OS2/c1-12-4-2-6(9)7(11)8-10-3-5-13-8/h3,5-6H,2,4,9H2,1H3. The average molecular weight is 216 g/mol. The molecule has 0 aromatic carbocycles. The Morgan fingerprint density at radius 3 is 3.15 bits per heavy atom. The number of carbonyl (C=O) groups is 1. The summed E-state index contributed by atoms with van der Waals surface area (Å²) in [6, 6.07) is -0.390. The van der Waals surface area contributed by atoms with Gasteiger partial charge in [0, 0.05) is 11.6 Å². The summed E-state index contributed by atoms with van der Waals surface area (Å²) in [6.45, 7) is 0. The summed E-state index contributed by atoms with van der Waals surface area (Å²) in [6.07, 6.45) is 4.35. The van der Waals surface area contributed by atoms with E-state index in [4.69, 9.17) is 5.73 Å². The third kappa shape index (κ3) is 3.10. The van der Waals surface area contributed by atoms with Crippen LogP contribution in [-0.4, -0.2) is 28.8 Å². The van der Waals surface area contributed by atoms with Crippen molar-refractivity contribution in [3.8, 4) is 0 Å². The predicted octanol–water partition coefficient (Wildman–Crippen LogP) is 1.41. The van der Waals surface area contributed by atoms with Crippen molar-refractivity contribution in [2.75, 3.05) is 12.0 Å². The van der Waals surface area contributed by atoms with Gasteiger partial charge in [-0.1, -0.05) is 0 Å². The number of nitrogens with two attached hydrogens (primary N) is 1. The van der Waals surface area contributed by atoms with Crippen LogP contribution in [0.3, 0.4) is 0 Å².